The van der Waals surface area contributed by atoms with E-state index in [2.05, 4.69) is 4.98 Å². The van der Waals surface area contributed by atoms with Crippen LogP contribution in [0.5, 0.6) is 5.75 Å². The minimum atomic E-state index is -0.566. The second-order valence-corrected chi connectivity index (χ2v) is 4.96. The molecule has 6 heteroatoms. The van der Waals surface area contributed by atoms with Crippen LogP contribution in [0.15, 0.2) is 55.9 Å². The number of hydrogen-bond acceptors (Lipinski definition) is 5. The van der Waals surface area contributed by atoms with Crippen LogP contribution in [0.2, 0.25) is 0 Å². The summed E-state index contributed by atoms with van der Waals surface area (Å²) in [5.41, 5.74) is -0.196. The Bertz CT molecular complexity index is 807. The first-order valence-corrected chi connectivity index (χ1v) is 6.38. The molecule has 0 aliphatic carbocycles. The number of aryl methyl sites for hydroxylation is 1. The molecule has 5 nitrogen and oxygen atoms in total. The van der Waals surface area contributed by atoms with Crippen molar-refractivity contribution in [2.75, 3.05) is 0 Å². The fourth-order valence-electron chi connectivity index (χ4n) is 1.75. The highest BCUT2D eigenvalue weighted by Gasteiger charge is 2.16. The number of nitrogens with zero attached hydrogens (tertiary/aromatic N) is 2. The fraction of sp³-hybridized carbons (Fsp3) is 0.0769. The number of aromatic hydroxyl groups is 1. The molecule has 3 rings (SSSR count). The number of aromatic nitrogens is 2. The van der Waals surface area contributed by atoms with Gasteiger partial charge in [-0.1, -0.05) is 12.1 Å². The van der Waals surface area contributed by atoms with Crippen LogP contribution in [0.4, 0.5) is 0 Å². The Labute approximate surface area is 112 Å². The van der Waals surface area contributed by atoms with E-state index < -0.39 is 5.63 Å². The van der Waals surface area contributed by atoms with Crippen molar-refractivity contribution >= 4 is 22.7 Å². The highest BCUT2D eigenvalue weighted by atomic mass is 32.2. The van der Waals surface area contributed by atoms with E-state index in [-0.39, 0.29) is 10.6 Å². The third-order valence-electron chi connectivity index (χ3n) is 2.72. The van der Waals surface area contributed by atoms with Crippen molar-refractivity contribution in [3.63, 3.8) is 0 Å². The molecular formula is C13H10N2O3S. The molecule has 19 heavy (non-hydrogen) atoms. The van der Waals surface area contributed by atoms with E-state index in [0.717, 1.165) is 11.8 Å². The van der Waals surface area contributed by atoms with Crippen molar-refractivity contribution in [1.82, 2.24) is 9.55 Å². The Kier molecular flexibility index (Phi) is 2.79. The van der Waals surface area contributed by atoms with Crippen LogP contribution in [0, 0.1) is 0 Å². The fourth-order valence-corrected chi connectivity index (χ4v) is 2.58. The zero-order chi connectivity index (χ0) is 13.4. The van der Waals surface area contributed by atoms with Gasteiger partial charge < -0.3 is 14.1 Å². The van der Waals surface area contributed by atoms with Crippen molar-refractivity contribution in [3.8, 4) is 5.75 Å². The van der Waals surface area contributed by atoms with Crippen LogP contribution in [0.3, 0.4) is 0 Å². The van der Waals surface area contributed by atoms with Crippen molar-refractivity contribution in [2.24, 2.45) is 7.05 Å². The molecule has 0 atom stereocenters. The molecule has 96 valence electrons. The summed E-state index contributed by atoms with van der Waals surface area (Å²) in [5, 5.41) is 11.3. The van der Waals surface area contributed by atoms with Gasteiger partial charge in [-0.2, -0.15) is 0 Å². The standard InChI is InChI=1S/C13H10N2O3S/c1-15-7-6-14-13(15)19-11-10(16)8-4-2-3-5-9(8)18-12(11)17/h2-7,16H,1H3. The molecule has 0 aliphatic rings. The van der Waals surface area contributed by atoms with Crippen LogP contribution in [-0.2, 0) is 7.05 Å². The molecule has 0 aliphatic heterocycles. The van der Waals surface area contributed by atoms with Gasteiger partial charge in [0.15, 0.2) is 5.16 Å². The number of fused-ring (bicyclic) bond motifs is 1. The third-order valence-corrected chi connectivity index (χ3v) is 3.86. The van der Waals surface area contributed by atoms with E-state index in [0.29, 0.717) is 16.1 Å². The first-order chi connectivity index (χ1) is 9.16. The van der Waals surface area contributed by atoms with Crippen molar-refractivity contribution < 1.29 is 9.52 Å². The number of benzene rings is 1. The Hall–Kier alpha value is -2.21. The minimum absolute atomic E-state index is 0.0696. The van der Waals surface area contributed by atoms with Crippen LogP contribution in [0.1, 0.15) is 0 Å². The Balaban J connectivity index is 2.19. The molecule has 0 saturated heterocycles. The van der Waals surface area contributed by atoms with Crippen molar-refractivity contribution in [1.29, 1.82) is 0 Å². The predicted octanol–water partition coefficient (Wildman–Crippen LogP) is 2.38. The molecule has 0 saturated carbocycles. The number of rotatable bonds is 2. The van der Waals surface area contributed by atoms with Gasteiger partial charge in [-0.05, 0) is 23.9 Å². The summed E-state index contributed by atoms with van der Waals surface area (Å²) in [6.07, 6.45) is 3.39. The van der Waals surface area contributed by atoms with Crippen LogP contribution in [0.25, 0.3) is 11.0 Å². The molecule has 1 aromatic carbocycles. The van der Waals surface area contributed by atoms with Gasteiger partial charge in [0.05, 0.1) is 5.39 Å². The summed E-state index contributed by atoms with van der Waals surface area (Å²) in [7, 11) is 1.81. The van der Waals surface area contributed by atoms with Gasteiger partial charge in [-0.25, -0.2) is 9.78 Å². The maximum absolute atomic E-state index is 11.9. The molecule has 0 unspecified atom stereocenters. The summed E-state index contributed by atoms with van der Waals surface area (Å²) in [4.78, 5) is 16.2. The summed E-state index contributed by atoms with van der Waals surface area (Å²) >= 11 is 1.08. The van der Waals surface area contributed by atoms with Gasteiger partial charge in [-0.3, -0.25) is 0 Å². The van der Waals surface area contributed by atoms with Gasteiger partial charge in [0.25, 0.3) is 0 Å². The molecule has 0 fully saturated rings. The number of imidazole rings is 1. The summed E-state index contributed by atoms with van der Waals surface area (Å²) in [6, 6.07) is 6.87. The van der Waals surface area contributed by atoms with E-state index >= 15 is 0 Å². The smallest absolute Gasteiger partial charge is 0.354 e. The Morgan fingerprint density at radius 2 is 2.16 bits per heavy atom. The second-order valence-electron chi connectivity index (χ2n) is 3.99. The van der Waals surface area contributed by atoms with Crippen molar-refractivity contribution in [2.45, 2.75) is 10.1 Å². The van der Waals surface area contributed by atoms with Gasteiger partial charge in [0.1, 0.15) is 16.2 Å². The lowest BCUT2D eigenvalue weighted by atomic mass is 10.2. The largest absolute Gasteiger partial charge is 0.506 e. The maximum Gasteiger partial charge on any atom is 0.354 e. The molecular weight excluding hydrogens is 264 g/mol. The summed E-state index contributed by atoms with van der Waals surface area (Å²) < 4.78 is 6.95. The van der Waals surface area contributed by atoms with Crippen LogP contribution >= 0.6 is 11.8 Å². The monoisotopic (exact) mass is 274 g/mol. The van der Waals surface area contributed by atoms with Crippen LogP contribution < -0.4 is 5.63 Å². The van der Waals surface area contributed by atoms with Crippen LogP contribution in [-0.4, -0.2) is 14.7 Å². The maximum atomic E-state index is 11.9. The molecule has 2 heterocycles. The Morgan fingerprint density at radius 1 is 1.37 bits per heavy atom. The van der Waals surface area contributed by atoms with Gasteiger partial charge in [0.2, 0.25) is 0 Å². The zero-order valence-corrected chi connectivity index (χ0v) is 10.8. The normalized spacial score (nSPS) is 11.0. The predicted molar refractivity (Wildman–Crippen MR) is 71.5 cm³/mol. The lowest BCUT2D eigenvalue weighted by Crippen LogP contribution is -2.03. The Morgan fingerprint density at radius 3 is 2.89 bits per heavy atom. The minimum Gasteiger partial charge on any atom is -0.506 e. The first kappa shape index (κ1) is 11.9. The molecule has 2 aromatic heterocycles. The zero-order valence-electron chi connectivity index (χ0n) is 10.0. The molecule has 3 aromatic rings. The van der Waals surface area contributed by atoms with Crippen molar-refractivity contribution in [3.05, 3.63) is 47.1 Å². The average Bonchev–Trinajstić information content (AvgIpc) is 2.80. The summed E-state index contributed by atoms with van der Waals surface area (Å²) in [6.45, 7) is 0. The molecule has 0 spiro atoms. The van der Waals surface area contributed by atoms with E-state index in [9.17, 15) is 9.90 Å². The average molecular weight is 274 g/mol. The van der Waals surface area contributed by atoms with Gasteiger partial charge in [-0.15, -0.1) is 0 Å². The molecule has 1 N–H and O–H groups in total. The first-order valence-electron chi connectivity index (χ1n) is 5.57. The van der Waals surface area contributed by atoms with E-state index in [1.54, 1.807) is 41.2 Å². The summed E-state index contributed by atoms with van der Waals surface area (Å²) in [5.74, 6) is -0.0696. The molecule has 0 amide bonds. The highest BCUT2D eigenvalue weighted by molar-refractivity contribution is 7.99. The number of hydrogen-bond donors (Lipinski definition) is 1. The lowest BCUT2D eigenvalue weighted by Gasteiger charge is -2.05. The van der Waals surface area contributed by atoms with E-state index in [4.69, 9.17) is 4.42 Å². The molecule has 0 radical (unpaired) electrons. The number of para-hydroxylation sites is 1. The molecule has 0 bridgehead atoms. The second kappa shape index (κ2) is 4.47. The van der Waals surface area contributed by atoms with E-state index in [1.807, 2.05) is 7.05 Å². The quantitative estimate of drug-likeness (QED) is 0.727. The lowest BCUT2D eigenvalue weighted by molar-refractivity contribution is 0.447. The third kappa shape index (κ3) is 2.00. The van der Waals surface area contributed by atoms with Gasteiger partial charge in [0, 0.05) is 19.4 Å². The van der Waals surface area contributed by atoms with Gasteiger partial charge >= 0.3 is 5.63 Å². The highest BCUT2D eigenvalue weighted by Crippen LogP contribution is 2.35. The topological polar surface area (TPSA) is 68.3 Å². The van der Waals surface area contributed by atoms with E-state index in [1.165, 1.54) is 0 Å². The SMILES string of the molecule is Cn1ccnc1Sc1c(O)c2ccccc2oc1=O.